The molecule has 1 aliphatic rings. The predicted molar refractivity (Wildman–Crippen MR) is 79.3 cm³/mol. The van der Waals surface area contributed by atoms with E-state index >= 15 is 0 Å². The first-order valence-electron chi connectivity index (χ1n) is 6.65. The standard InChI is InChI=1S/C15H18BrNO2/c1-3-13(18)11-7-5-9-17(15(11)19)12-8-4-6-10(2)14(12)16/h4,6,8,11H,3,5,7,9H2,1-2H3. The Hall–Kier alpha value is -1.16. The summed E-state index contributed by atoms with van der Waals surface area (Å²) in [5, 5.41) is 0. The maximum Gasteiger partial charge on any atom is 0.237 e. The van der Waals surface area contributed by atoms with E-state index in [0.717, 1.165) is 22.1 Å². The van der Waals surface area contributed by atoms with Crippen LogP contribution in [0.1, 0.15) is 31.7 Å². The fourth-order valence-corrected chi connectivity index (χ4v) is 2.98. The third-order valence-corrected chi connectivity index (χ3v) is 4.67. The second-order valence-electron chi connectivity index (χ2n) is 4.91. The molecule has 2 rings (SSSR count). The van der Waals surface area contributed by atoms with Crippen molar-refractivity contribution >= 4 is 33.3 Å². The molecule has 0 radical (unpaired) electrons. The molecule has 1 aliphatic heterocycles. The number of aryl methyl sites for hydroxylation is 1. The predicted octanol–water partition coefficient (Wildman–Crippen LogP) is 3.48. The lowest BCUT2D eigenvalue weighted by Gasteiger charge is -2.32. The van der Waals surface area contributed by atoms with Gasteiger partial charge in [0.15, 0.2) is 0 Å². The number of anilines is 1. The maximum atomic E-state index is 12.5. The van der Waals surface area contributed by atoms with Crippen molar-refractivity contribution in [2.45, 2.75) is 33.1 Å². The van der Waals surface area contributed by atoms with Crippen LogP contribution < -0.4 is 4.90 Å². The number of carbonyl (C=O) groups is 2. The third kappa shape index (κ3) is 2.73. The number of ketones is 1. The Balaban J connectivity index is 2.32. The smallest absolute Gasteiger partial charge is 0.237 e. The zero-order valence-corrected chi connectivity index (χ0v) is 12.9. The van der Waals surface area contributed by atoms with Crippen molar-refractivity contribution in [1.29, 1.82) is 0 Å². The zero-order valence-electron chi connectivity index (χ0n) is 11.3. The zero-order chi connectivity index (χ0) is 14.0. The Morgan fingerprint density at radius 1 is 1.47 bits per heavy atom. The molecule has 0 saturated carbocycles. The molecule has 4 heteroatoms. The van der Waals surface area contributed by atoms with Crippen LogP contribution in [-0.4, -0.2) is 18.2 Å². The van der Waals surface area contributed by atoms with Crippen LogP contribution in [-0.2, 0) is 9.59 Å². The quantitative estimate of drug-likeness (QED) is 0.798. The summed E-state index contributed by atoms with van der Waals surface area (Å²) in [6.07, 6.45) is 1.99. The molecule has 0 N–H and O–H groups in total. The molecule has 1 unspecified atom stereocenters. The molecule has 1 atom stereocenters. The first-order chi connectivity index (χ1) is 9.06. The van der Waals surface area contributed by atoms with E-state index in [1.807, 2.05) is 32.0 Å². The second kappa shape index (κ2) is 5.87. The van der Waals surface area contributed by atoms with Crippen molar-refractivity contribution in [3.63, 3.8) is 0 Å². The fraction of sp³-hybridized carbons (Fsp3) is 0.467. The van der Waals surface area contributed by atoms with Crippen LogP contribution in [0.15, 0.2) is 22.7 Å². The molecule has 102 valence electrons. The van der Waals surface area contributed by atoms with Crippen molar-refractivity contribution in [2.24, 2.45) is 5.92 Å². The largest absolute Gasteiger partial charge is 0.311 e. The van der Waals surface area contributed by atoms with Gasteiger partial charge in [-0.1, -0.05) is 19.1 Å². The molecule has 0 aromatic heterocycles. The number of amides is 1. The highest BCUT2D eigenvalue weighted by molar-refractivity contribution is 9.10. The molecule has 19 heavy (non-hydrogen) atoms. The first kappa shape index (κ1) is 14.3. The topological polar surface area (TPSA) is 37.4 Å². The molecule has 1 fully saturated rings. The van der Waals surface area contributed by atoms with Gasteiger partial charge in [0.25, 0.3) is 0 Å². The van der Waals surface area contributed by atoms with Gasteiger partial charge in [0, 0.05) is 17.4 Å². The van der Waals surface area contributed by atoms with Crippen LogP contribution in [0.2, 0.25) is 0 Å². The number of benzene rings is 1. The summed E-state index contributed by atoms with van der Waals surface area (Å²) in [5.41, 5.74) is 1.97. The van der Waals surface area contributed by atoms with Gasteiger partial charge in [-0.05, 0) is 47.3 Å². The number of rotatable bonds is 3. The normalized spacial score (nSPS) is 19.6. The summed E-state index contributed by atoms with van der Waals surface area (Å²) in [5.74, 6) is -0.450. The summed E-state index contributed by atoms with van der Waals surface area (Å²) >= 11 is 3.54. The van der Waals surface area contributed by atoms with Crippen molar-refractivity contribution in [2.75, 3.05) is 11.4 Å². The van der Waals surface area contributed by atoms with Crippen molar-refractivity contribution in [1.82, 2.24) is 0 Å². The van der Waals surface area contributed by atoms with E-state index in [1.54, 1.807) is 4.90 Å². The van der Waals surface area contributed by atoms with E-state index < -0.39 is 5.92 Å². The van der Waals surface area contributed by atoms with Crippen molar-refractivity contribution in [3.05, 3.63) is 28.2 Å². The number of piperidine rings is 1. The van der Waals surface area contributed by atoms with Gasteiger partial charge in [0.05, 0.1) is 11.6 Å². The highest BCUT2D eigenvalue weighted by atomic mass is 79.9. The summed E-state index contributed by atoms with van der Waals surface area (Å²) in [4.78, 5) is 26.1. The molecular weight excluding hydrogens is 306 g/mol. The lowest BCUT2D eigenvalue weighted by atomic mass is 9.91. The van der Waals surface area contributed by atoms with Crippen LogP contribution in [0.25, 0.3) is 0 Å². The summed E-state index contributed by atoms with van der Waals surface area (Å²) < 4.78 is 0.938. The Bertz CT molecular complexity index is 513. The van der Waals surface area contributed by atoms with E-state index in [2.05, 4.69) is 15.9 Å². The van der Waals surface area contributed by atoms with E-state index in [1.165, 1.54) is 0 Å². The molecule has 0 spiro atoms. The Morgan fingerprint density at radius 2 is 2.21 bits per heavy atom. The van der Waals surface area contributed by atoms with Gasteiger partial charge in [-0.3, -0.25) is 9.59 Å². The summed E-state index contributed by atoms with van der Waals surface area (Å²) in [7, 11) is 0. The minimum atomic E-state index is -0.453. The van der Waals surface area contributed by atoms with Gasteiger partial charge in [-0.15, -0.1) is 0 Å². The van der Waals surface area contributed by atoms with Gasteiger partial charge < -0.3 is 4.90 Å². The van der Waals surface area contributed by atoms with Crippen LogP contribution in [0.3, 0.4) is 0 Å². The Labute approximate surface area is 122 Å². The molecular formula is C15H18BrNO2. The molecule has 1 aromatic carbocycles. The number of halogens is 1. The average Bonchev–Trinajstić information content (AvgIpc) is 2.42. The molecule has 1 amide bonds. The maximum absolute atomic E-state index is 12.5. The van der Waals surface area contributed by atoms with Crippen LogP contribution in [0.5, 0.6) is 0 Å². The van der Waals surface area contributed by atoms with Gasteiger partial charge in [0.1, 0.15) is 5.78 Å². The molecule has 1 saturated heterocycles. The van der Waals surface area contributed by atoms with E-state index in [-0.39, 0.29) is 11.7 Å². The molecule has 0 aliphatic carbocycles. The van der Waals surface area contributed by atoms with Crippen LogP contribution >= 0.6 is 15.9 Å². The Morgan fingerprint density at radius 3 is 2.89 bits per heavy atom. The molecule has 0 bridgehead atoms. The number of Topliss-reactive ketones (excluding diaryl/α,β-unsaturated/α-hetero) is 1. The number of hydrogen-bond donors (Lipinski definition) is 0. The van der Waals surface area contributed by atoms with Gasteiger partial charge in [-0.25, -0.2) is 0 Å². The minimum absolute atomic E-state index is 0.0515. The Kier molecular flexibility index (Phi) is 4.40. The fourth-order valence-electron chi connectivity index (χ4n) is 2.50. The minimum Gasteiger partial charge on any atom is -0.311 e. The van der Waals surface area contributed by atoms with Crippen molar-refractivity contribution in [3.8, 4) is 0 Å². The van der Waals surface area contributed by atoms with Gasteiger partial charge in [0.2, 0.25) is 5.91 Å². The summed E-state index contributed by atoms with van der Waals surface area (Å²) in [6, 6.07) is 5.86. The average molecular weight is 324 g/mol. The highest BCUT2D eigenvalue weighted by Crippen LogP contribution is 2.33. The van der Waals surface area contributed by atoms with Gasteiger partial charge >= 0.3 is 0 Å². The SMILES string of the molecule is CCC(=O)C1CCCN(c2cccc(C)c2Br)C1=O. The highest BCUT2D eigenvalue weighted by Gasteiger charge is 2.34. The summed E-state index contributed by atoms with van der Waals surface area (Å²) in [6.45, 7) is 4.50. The van der Waals surface area contributed by atoms with E-state index in [9.17, 15) is 9.59 Å². The number of carbonyl (C=O) groups excluding carboxylic acids is 2. The van der Waals surface area contributed by atoms with Crippen molar-refractivity contribution < 1.29 is 9.59 Å². The van der Waals surface area contributed by atoms with E-state index in [4.69, 9.17) is 0 Å². The third-order valence-electron chi connectivity index (χ3n) is 3.64. The van der Waals surface area contributed by atoms with Crippen LogP contribution in [0.4, 0.5) is 5.69 Å². The lowest BCUT2D eigenvalue weighted by molar-refractivity contribution is -0.133. The van der Waals surface area contributed by atoms with Crippen LogP contribution in [0, 0.1) is 12.8 Å². The monoisotopic (exact) mass is 323 g/mol. The number of hydrogen-bond acceptors (Lipinski definition) is 2. The molecule has 1 heterocycles. The second-order valence-corrected chi connectivity index (χ2v) is 5.71. The molecule has 1 aromatic rings. The van der Waals surface area contributed by atoms with E-state index in [0.29, 0.717) is 19.4 Å². The molecule has 3 nitrogen and oxygen atoms in total. The van der Waals surface area contributed by atoms with Gasteiger partial charge in [-0.2, -0.15) is 0 Å². The lowest BCUT2D eigenvalue weighted by Crippen LogP contribution is -2.44. The first-order valence-corrected chi connectivity index (χ1v) is 7.44. The number of nitrogens with zero attached hydrogens (tertiary/aromatic N) is 1.